The molecule has 3 rings (SSSR count). The number of methoxy groups -OCH3 is 1. The van der Waals surface area contributed by atoms with E-state index in [4.69, 9.17) is 21.1 Å². The van der Waals surface area contributed by atoms with E-state index in [-0.39, 0.29) is 0 Å². The van der Waals surface area contributed by atoms with Crippen molar-refractivity contribution < 1.29 is 9.47 Å². The van der Waals surface area contributed by atoms with Crippen LogP contribution < -0.4 is 10.6 Å². The van der Waals surface area contributed by atoms with Crippen LogP contribution in [0, 0.1) is 0 Å². The average Bonchev–Trinajstić information content (AvgIpc) is 2.71. The zero-order chi connectivity index (χ0) is 19.6. The number of nitrogens with one attached hydrogen (secondary N) is 2. The number of benzene rings is 1. The SMILES string of the molecule is COCCOCCNc1cncc(-c2cncc(Nc3cccc(Cl)c3)n2)c1. The van der Waals surface area contributed by atoms with Crippen LogP contribution in [-0.4, -0.2) is 48.4 Å². The van der Waals surface area contributed by atoms with Crippen molar-refractivity contribution in [2.45, 2.75) is 0 Å². The van der Waals surface area contributed by atoms with Gasteiger partial charge in [-0.25, -0.2) is 4.98 Å². The lowest BCUT2D eigenvalue weighted by Crippen LogP contribution is -2.12. The van der Waals surface area contributed by atoms with Gasteiger partial charge >= 0.3 is 0 Å². The van der Waals surface area contributed by atoms with Crippen molar-refractivity contribution in [1.29, 1.82) is 0 Å². The number of hydrogen-bond donors (Lipinski definition) is 2. The second-order valence-electron chi connectivity index (χ2n) is 5.92. The van der Waals surface area contributed by atoms with Crippen molar-refractivity contribution in [2.75, 3.05) is 44.1 Å². The van der Waals surface area contributed by atoms with Gasteiger partial charge in [0, 0.05) is 42.3 Å². The van der Waals surface area contributed by atoms with Crippen LogP contribution in [0.1, 0.15) is 0 Å². The Balaban J connectivity index is 1.63. The molecule has 3 aromatic rings. The lowest BCUT2D eigenvalue weighted by molar-refractivity contribution is 0.0759. The molecular formula is C20H22ClN5O2. The molecule has 0 aliphatic carbocycles. The van der Waals surface area contributed by atoms with E-state index in [2.05, 4.69) is 25.6 Å². The van der Waals surface area contributed by atoms with E-state index in [1.807, 2.05) is 30.3 Å². The number of nitrogens with zero attached hydrogens (tertiary/aromatic N) is 3. The van der Waals surface area contributed by atoms with E-state index in [1.165, 1.54) is 0 Å². The van der Waals surface area contributed by atoms with Crippen molar-refractivity contribution in [1.82, 2.24) is 15.0 Å². The molecule has 7 nitrogen and oxygen atoms in total. The summed E-state index contributed by atoms with van der Waals surface area (Å²) in [4.78, 5) is 13.2. The minimum absolute atomic E-state index is 0.582. The Morgan fingerprint density at radius 2 is 1.86 bits per heavy atom. The first-order valence-electron chi connectivity index (χ1n) is 8.85. The lowest BCUT2D eigenvalue weighted by atomic mass is 10.2. The summed E-state index contributed by atoms with van der Waals surface area (Å²) < 4.78 is 10.4. The molecule has 0 spiro atoms. The highest BCUT2D eigenvalue weighted by Gasteiger charge is 2.05. The summed E-state index contributed by atoms with van der Waals surface area (Å²) in [5.74, 6) is 0.629. The van der Waals surface area contributed by atoms with Crippen molar-refractivity contribution in [3.8, 4) is 11.3 Å². The molecule has 0 radical (unpaired) electrons. The van der Waals surface area contributed by atoms with Crippen LogP contribution in [0.4, 0.5) is 17.2 Å². The van der Waals surface area contributed by atoms with Crippen molar-refractivity contribution >= 4 is 28.8 Å². The first-order chi connectivity index (χ1) is 13.7. The topological polar surface area (TPSA) is 81.2 Å². The van der Waals surface area contributed by atoms with Crippen LogP contribution in [0.2, 0.25) is 5.02 Å². The fraction of sp³-hybridized carbons (Fsp3) is 0.250. The molecule has 8 heteroatoms. The maximum Gasteiger partial charge on any atom is 0.149 e. The Bertz CT molecular complexity index is 894. The van der Waals surface area contributed by atoms with E-state index in [9.17, 15) is 0 Å². The van der Waals surface area contributed by atoms with Crippen LogP contribution in [-0.2, 0) is 9.47 Å². The smallest absolute Gasteiger partial charge is 0.149 e. The number of aromatic nitrogens is 3. The molecule has 0 amide bonds. The number of anilines is 3. The van der Waals surface area contributed by atoms with Gasteiger partial charge in [0.05, 0.1) is 43.6 Å². The highest BCUT2D eigenvalue weighted by Crippen LogP contribution is 2.22. The van der Waals surface area contributed by atoms with Crippen molar-refractivity contribution in [2.24, 2.45) is 0 Å². The number of halogens is 1. The molecule has 0 atom stereocenters. The zero-order valence-corrected chi connectivity index (χ0v) is 16.3. The van der Waals surface area contributed by atoms with Gasteiger partial charge in [-0.1, -0.05) is 17.7 Å². The number of hydrogen-bond acceptors (Lipinski definition) is 7. The molecule has 0 bridgehead atoms. The molecule has 0 saturated heterocycles. The summed E-state index contributed by atoms with van der Waals surface area (Å²) in [5.41, 5.74) is 3.33. The summed E-state index contributed by atoms with van der Waals surface area (Å²) in [6.45, 7) is 2.44. The Morgan fingerprint density at radius 1 is 0.964 bits per heavy atom. The largest absolute Gasteiger partial charge is 0.382 e. The first-order valence-corrected chi connectivity index (χ1v) is 9.23. The molecule has 0 unspecified atom stereocenters. The molecule has 2 heterocycles. The molecule has 0 aliphatic heterocycles. The Kier molecular flexibility index (Phi) is 7.54. The first kappa shape index (κ1) is 20.0. The van der Waals surface area contributed by atoms with E-state index >= 15 is 0 Å². The molecule has 0 fully saturated rings. The maximum atomic E-state index is 6.03. The van der Waals surface area contributed by atoms with E-state index in [0.29, 0.717) is 37.2 Å². The van der Waals surface area contributed by atoms with Gasteiger partial charge in [-0.15, -0.1) is 0 Å². The minimum atomic E-state index is 0.582. The third-order valence-electron chi connectivity index (χ3n) is 3.77. The number of ether oxygens (including phenoxy) is 2. The lowest BCUT2D eigenvalue weighted by Gasteiger charge is -2.10. The fourth-order valence-corrected chi connectivity index (χ4v) is 2.66. The number of pyridine rings is 1. The Morgan fingerprint density at radius 3 is 2.71 bits per heavy atom. The monoisotopic (exact) mass is 399 g/mol. The predicted octanol–water partition coefficient (Wildman–Crippen LogP) is 4.01. The van der Waals surface area contributed by atoms with Gasteiger partial charge < -0.3 is 20.1 Å². The van der Waals surface area contributed by atoms with Gasteiger partial charge in [0.15, 0.2) is 0 Å². The number of rotatable bonds is 10. The molecule has 28 heavy (non-hydrogen) atoms. The molecule has 0 aliphatic rings. The summed E-state index contributed by atoms with van der Waals surface area (Å²) in [6.07, 6.45) is 6.89. The van der Waals surface area contributed by atoms with Crippen molar-refractivity contribution in [3.63, 3.8) is 0 Å². The van der Waals surface area contributed by atoms with Crippen LogP contribution in [0.5, 0.6) is 0 Å². The van der Waals surface area contributed by atoms with Gasteiger partial charge in [-0.2, -0.15) is 0 Å². The molecule has 2 aromatic heterocycles. The average molecular weight is 400 g/mol. The fourth-order valence-electron chi connectivity index (χ4n) is 2.47. The maximum absolute atomic E-state index is 6.03. The third-order valence-corrected chi connectivity index (χ3v) is 4.01. The van der Waals surface area contributed by atoms with E-state index in [1.54, 1.807) is 31.9 Å². The highest BCUT2D eigenvalue weighted by atomic mass is 35.5. The second kappa shape index (κ2) is 10.6. The van der Waals surface area contributed by atoms with Crippen LogP contribution in [0.15, 0.2) is 55.1 Å². The third kappa shape index (κ3) is 6.16. The molecule has 146 valence electrons. The molecule has 2 N–H and O–H groups in total. The standard InChI is InChI=1S/C20H22ClN5O2/c1-27-7-8-28-6-5-24-18-9-15(11-22-12-18)19-13-23-14-20(26-19)25-17-4-2-3-16(21)10-17/h2-4,9-14,24H,5-8H2,1H3,(H,25,26). The normalized spacial score (nSPS) is 10.6. The predicted molar refractivity (Wildman–Crippen MR) is 111 cm³/mol. The minimum Gasteiger partial charge on any atom is -0.382 e. The summed E-state index contributed by atoms with van der Waals surface area (Å²) in [6, 6.07) is 9.43. The quantitative estimate of drug-likeness (QED) is 0.498. The summed E-state index contributed by atoms with van der Waals surface area (Å²) >= 11 is 6.03. The van der Waals surface area contributed by atoms with Gasteiger partial charge in [0.1, 0.15) is 5.82 Å². The zero-order valence-electron chi connectivity index (χ0n) is 15.6. The van der Waals surface area contributed by atoms with Gasteiger partial charge in [0.2, 0.25) is 0 Å². The van der Waals surface area contributed by atoms with E-state index in [0.717, 1.165) is 22.6 Å². The van der Waals surface area contributed by atoms with Crippen LogP contribution in [0.3, 0.4) is 0 Å². The Hall–Kier alpha value is -2.74. The van der Waals surface area contributed by atoms with E-state index < -0.39 is 0 Å². The van der Waals surface area contributed by atoms with Crippen LogP contribution in [0.25, 0.3) is 11.3 Å². The molecular weight excluding hydrogens is 378 g/mol. The second-order valence-corrected chi connectivity index (χ2v) is 6.36. The van der Waals surface area contributed by atoms with Gasteiger partial charge in [-0.05, 0) is 24.3 Å². The summed E-state index contributed by atoms with van der Waals surface area (Å²) in [5, 5.41) is 7.15. The van der Waals surface area contributed by atoms with Crippen molar-refractivity contribution in [3.05, 3.63) is 60.1 Å². The van der Waals surface area contributed by atoms with Gasteiger partial charge in [-0.3, -0.25) is 9.97 Å². The van der Waals surface area contributed by atoms with Gasteiger partial charge in [0.25, 0.3) is 0 Å². The van der Waals surface area contributed by atoms with Crippen LogP contribution >= 0.6 is 11.6 Å². The Labute approximate surface area is 169 Å². The summed E-state index contributed by atoms with van der Waals surface area (Å²) in [7, 11) is 1.65. The molecule has 1 aromatic carbocycles. The molecule has 0 saturated carbocycles. The highest BCUT2D eigenvalue weighted by molar-refractivity contribution is 6.30.